The van der Waals surface area contributed by atoms with Crippen molar-refractivity contribution < 1.29 is 4.39 Å². The normalized spacial score (nSPS) is 17.1. The number of hydrogen-bond acceptors (Lipinski definition) is 2. The minimum atomic E-state index is -0.157. The number of halogens is 1. The maximum Gasteiger partial charge on any atom is 0.126 e. The molecule has 2 nitrogen and oxygen atoms in total. The van der Waals surface area contributed by atoms with Crippen LogP contribution in [0.5, 0.6) is 0 Å². The molecule has 106 valence electrons. The van der Waals surface area contributed by atoms with E-state index in [0.29, 0.717) is 5.56 Å². The van der Waals surface area contributed by atoms with Crippen LogP contribution in [0.15, 0.2) is 12.1 Å². The number of nitrogens with two attached hydrogens (primary N) is 1. The zero-order valence-corrected chi connectivity index (χ0v) is 12.2. The van der Waals surface area contributed by atoms with Crippen molar-refractivity contribution in [2.75, 3.05) is 18.0 Å². The molecule has 1 aromatic rings. The molecule has 0 radical (unpaired) electrons. The standard InChI is InChI=1S/C16H25FN2/c1-4-19(10-13-6-5-7-13)16-8-11(2)15(17)9-14(16)12(3)18/h8-9,12-13H,4-7,10,18H2,1-3H3/t12-/m0/s1. The minimum absolute atomic E-state index is 0.138. The number of rotatable bonds is 5. The van der Waals surface area contributed by atoms with E-state index in [1.807, 2.05) is 19.9 Å². The van der Waals surface area contributed by atoms with E-state index >= 15 is 0 Å². The van der Waals surface area contributed by atoms with Crippen LogP contribution in [0.1, 0.15) is 50.3 Å². The summed E-state index contributed by atoms with van der Waals surface area (Å²) in [7, 11) is 0. The molecule has 0 heterocycles. The second kappa shape index (κ2) is 5.91. The number of anilines is 1. The second-order valence-corrected chi connectivity index (χ2v) is 5.78. The molecule has 2 N–H and O–H groups in total. The minimum Gasteiger partial charge on any atom is -0.371 e. The third kappa shape index (κ3) is 3.08. The molecule has 3 heteroatoms. The van der Waals surface area contributed by atoms with Gasteiger partial charge in [0.05, 0.1) is 0 Å². The Balaban J connectivity index is 2.31. The van der Waals surface area contributed by atoms with Crippen molar-refractivity contribution in [3.05, 3.63) is 29.1 Å². The molecular formula is C16H25FN2. The van der Waals surface area contributed by atoms with Gasteiger partial charge in [0.2, 0.25) is 0 Å². The lowest BCUT2D eigenvalue weighted by Gasteiger charge is -2.35. The Labute approximate surface area is 115 Å². The van der Waals surface area contributed by atoms with Gasteiger partial charge < -0.3 is 10.6 Å². The first kappa shape index (κ1) is 14.3. The third-order valence-electron chi connectivity index (χ3n) is 4.22. The van der Waals surface area contributed by atoms with Crippen LogP contribution in [0, 0.1) is 18.7 Å². The smallest absolute Gasteiger partial charge is 0.126 e. The third-order valence-corrected chi connectivity index (χ3v) is 4.22. The van der Waals surface area contributed by atoms with Crippen LogP contribution in [-0.2, 0) is 0 Å². The number of aryl methyl sites for hydroxylation is 1. The van der Waals surface area contributed by atoms with E-state index in [4.69, 9.17) is 5.73 Å². The quantitative estimate of drug-likeness (QED) is 0.877. The average Bonchev–Trinajstić information content (AvgIpc) is 2.31. The van der Waals surface area contributed by atoms with Crippen LogP contribution in [0.25, 0.3) is 0 Å². The maximum absolute atomic E-state index is 13.8. The first-order valence-corrected chi connectivity index (χ1v) is 7.33. The van der Waals surface area contributed by atoms with Gasteiger partial charge in [0.25, 0.3) is 0 Å². The lowest BCUT2D eigenvalue weighted by Crippen LogP contribution is -2.33. The van der Waals surface area contributed by atoms with Crippen LogP contribution >= 0.6 is 0 Å². The molecule has 1 fully saturated rings. The highest BCUT2D eigenvalue weighted by Crippen LogP contribution is 2.32. The van der Waals surface area contributed by atoms with Gasteiger partial charge in [-0.2, -0.15) is 0 Å². The van der Waals surface area contributed by atoms with E-state index in [0.717, 1.165) is 30.3 Å². The van der Waals surface area contributed by atoms with Crippen molar-refractivity contribution in [1.82, 2.24) is 0 Å². The van der Waals surface area contributed by atoms with Gasteiger partial charge in [-0.3, -0.25) is 0 Å². The summed E-state index contributed by atoms with van der Waals surface area (Å²) < 4.78 is 13.8. The first-order valence-electron chi connectivity index (χ1n) is 7.33. The summed E-state index contributed by atoms with van der Waals surface area (Å²) in [5.41, 5.74) is 8.75. The molecule has 0 saturated heterocycles. The van der Waals surface area contributed by atoms with E-state index in [1.165, 1.54) is 19.3 Å². The summed E-state index contributed by atoms with van der Waals surface area (Å²) in [5, 5.41) is 0. The molecule has 0 spiro atoms. The first-order chi connectivity index (χ1) is 9.02. The van der Waals surface area contributed by atoms with Gasteiger partial charge in [-0.25, -0.2) is 4.39 Å². The fraction of sp³-hybridized carbons (Fsp3) is 0.625. The van der Waals surface area contributed by atoms with Crippen LogP contribution in [0.2, 0.25) is 0 Å². The van der Waals surface area contributed by atoms with Gasteiger partial charge in [-0.15, -0.1) is 0 Å². The van der Waals surface area contributed by atoms with Gasteiger partial charge >= 0.3 is 0 Å². The van der Waals surface area contributed by atoms with Crippen molar-refractivity contribution in [3.63, 3.8) is 0 Å². The van der Waals surface area contributed by atoms with Gasteiger partial charge in [0.15, 0.2) is 0 Å². The Morgan fingerprint density at radius 3 is 2.58 bits per heavy atom. The lowest BCUT2D eigenvalue weighted by atomic mass is 9.85. The monoisotopic (exact) mass is 264 g/mol. The molecule has 1 saturated carbocycles. The SMILES string of the molecule is CCN(CC1CCC1)c1cc(C)c(F)cc1[C@H](C)N. The highest BCUT2D eigenvalue weighted by Gasteiger charge is 2.22. The summed E-state index contributed by atoms with van der Waals surface area (Å²) in [6.07, 6.45) is 4.00. The number of nitrogens with zero attached hydrogens (tertiary/aromatic N) is 1. The molecular weight excluding hydrogens is 239 g/mol. The predicted octanol–water partition coefficient (Wildman–Crippen LogP) is 3.78. The Bertz CT molecular complexity index is 439. The summed E-state index contributed by atoms with van der Waals surface area (Å²) in [4.78, 5) is 2.36. The summed E-state index contributed by atoms with van der Waals surface area (Å²) >= 11 is 0. The largest absolute Gasteiger partial charge is 0.371 e. The van der Waals surface area contributed by atoms with E-state index in [-0.39, 0.29) is 11.9 Å². The van der Waals surface area contributed by atoms with Crippen molar-refractivity contribution in [2.24, 2.45) is 11.7 Å². The van der Waals surface area contributed by atoms with E-state index in [1.54, 1.807) is 6.07 Å². The predicted molar refractivity (Wildman–Crippen MR) is 79.0 cm³/mol. The maximum atomic E-state index is 13.8. The van der Waals surface area contributed by atoms with Crippen LogP contribution in [0.4, 0.5) is 10.1 Å². The molecule has 19 heavy (non-hydrogen) atoms. The van der Waals surface area contributed by atoms with Gasteiger partial charge in [0.1, 0.15) is 5.82 Å². The molecule has 0 amide bonds. The highest BCUT2D eigenvalue weighted by atomic mass is 19.1. The lowest BCUT2D eigenvalue weighted by molar-refractivity contribution is 0.318. The van der Waals surface area contributed by atoms with Crippen molar-refractivity contribution >= 4 is 5.69 Å². The highest BCUT2D eigenvalue weighted by molar-refractivity contribution is 5.57. The van der Waals surface area contributed by atoms with Crippen LogP contribution < -0.4 is 10.6 Å². The Hall–Kier alpha value is -1.09. The zero-order chi connectivity index (χ0) is 14.0. The van der Waals surface area contributed by atoms with Crippen molar-refractivity contribution in [3.8, 4) is 0 Å². The summed E-state index contributed by atoms with van der Waals surface area (Å²) in [6.45, 7) is 7.91. The van der Waals surface area contributed by atoms with Crippen molar-refractivity contribution in [1.29, 1.82) is 0 Å². The molecule has 0 unspecified atom stereocenters. The topological polar surface area (TPSA) is 29.3 Å². The molecule has 1 atom stereocenters. The van der Waals surface area contributed by atoms with E-state index < -0.39 is 0 Å². The fourth-order valence-electron chi connectivity index (χ4n) is 2.71. The zero-order valence-electron chi connectivity index (χ0n) is 12.2. The molecule has 1 aliphatic rings. The van der Waals surface area contributed by atoms with Crippen LogP contribution in [-0.4, -0.2) is 13.1 Å². The fourth-order valence-corrected chi connectivity index (χ4v) is 2.71. The second-order valence-electron chi connectivity index (χ2n) is 5.78. The van der Waals surface area contributed by atoms with Gasteiger partial charge in [0, 0.05) is 24.8 Å². The van der Waals surface area contributed by atoms with Gasteiger partial charge in [-0.1, -0.05) is 6.42 Å². The summed E-state index contributed by atoms with van der Waals surface area (Å²) in [5.74, 6) is 0.641. The van der Waals surface area contributed by atoms with Crippen molar-refractivity contribution in [2.45, 2.75) is 46.1 Å². The van der Waals surface area contributed by atoms with E-state index in [9.17, 15) is 4.39 Å². The molecule has 0 aromatic heterocycles. The Morgan fingerprint density at radius 1 is 1.42 bits per heavy atom. The number of hydrogen-bond donors (Lipinski definition) is 1. The molecule has 1 aromatic carbocycles. The molecule has 0 bridgehead atoms. The molecule has 1 aliphatic carbocycles. The van der Waals surface area contributed by atoms with E-state index in [2.05, 4.69) is 11.8 Å². The molecule has 2 rings (SSSR count). The average molecular weight is 264 g/mol. The Morgan fingerprint density at radius 2 is 2.11 bits per heavy atom. The summed E-state index contributed by atoms with van der Waals surface area (Å²) in [6, 6.07) is 3.43. The Kier molecular flexibility index (Phi) is 4.46. The van der Waals surface area contributed by atoms with Crippen LogP contribution in [0.3, 0.4) is 0 Å². The number of benzene rings is 1. The molecule has 0 aliphatic heterocycles. The van der Waals surface area contributed by atoms with Gasteiger partial charge in [-0.05, 0) is 62.8 Å².